The second-order valence-electron chi connectivity index (χ2n) is 7.01. The lowest BCUT2D eigenvalue weighted by Crippen LogP contribution is -2.19. The van der Waals surface area contributed by atoms with E-state index >= 15 is 0 Å². The van der Waals surface area contributed by atoms with Gasteiger partial charge in [0.05, 0.1) is 22.4 Å². The molecule has 0 spiro atoms. The molecular formula is C22H20BrFN4. The van der Waals surface area contributed by atoms with E-state index in [1.54, 1.807) is 22.8 Å². The number of rotatable bonds is 5. The number of hydrogen-bond acceptors (Lipinski definition) is 3. The normalized spacial score (nSPS) is 12.5. The van der Waals surface area contributed by atoms with E-state index in [2.05, 4.69) is 57.3 Å². The van der Waals surface area contributed by atoms with Gasteiger partial charge in [-0.2, -0.15) is 9.61 Å². The Hall–Kier alpha value is -2.73. The molecule has 0 aliphatic carbocycles. The Balaban J connectivity index is 1.85. The highest BCUT2D eigenvalue weighted by Gasteiger charge is 2.19. The Morgan fingerprint density at radius 3 is 2.46 bits per heavy atom. The maximum atomic E-state index is 14.4. The summed E-state index contributed by atoms with van der Waals surface area (Å²) in [5.74, 6) is 0.794. The molecule has 28 heavy (non-hydrogen) atoms. The first kappa shape index (κ1) is 18.6. The third kappa shape index (κ3) is 3.52. The first-order chi connectivity index (χ1) is 13.5. The minimum Gasteiger partial charge on any atom is -0.363 e. The van der Waals surface area contributed by atoms with Gasteiger partial charge in [0.25, 0.3) is 0 Å². The third-order valence-electron chi connectivity index (χ3n) is 4.71. The largest absolute Gasteiger partial charge is 0.363 e. The second-order valence-corrected chi connectivity index (χ2v) is 7.87. The molecule has 2 aromatic heterocycles. The van der Waals surface area contributed by atoms with E-state index in [1.165, 1.54) is 11.6 Å². The van der Waals surface area contributed by atoms with Gasteiger partial charge in [-0.25, -0.2) is 9.37 Å². The van der Waals surface area contributed by atoms with Crippen LogP contribution in [-0.2, 0) is 0 Å². The van der Waals surface area contributed by atoms with Crippen molar-refractivity contribution in [2.45, 2.75) is 19.9 Å². The molecule has 0 fully saturated rings. The fraction of sp³-hybridized carbons (Fsp3) is 0.182. The average molecular weight is 439 g/mol. The first-order valence-electron chi connectivity index (χ1n) is 9.15. The van der Waals surface area contributed by atoms with E-state index in [9.17, 15) is 4.39 Å². The molecule has 0 amide bonds. The zero-order valence-electron chi connectivity index (χ0n) is 15.6. The predicted octanol–water partition coefficient (Wildman–Crippen LogP) is 6.11. The molecule has 0 bridgehead atoms. The molecule has 0 saturated heterocycles. The first-order valence-corrected chi connectivity index (χ1v) is 9.94. The van der Waals surface area contributed by atoms with Crippen LogP contribution in [0.4, 0.5) is 10.2 Å². The minimum atomic E-state index is -0.301. The third-order valence-corrected chi connectivity index (χ3v) is 5.27. The number of aromatic nitrogens is 3. The van der Waals surface area contributed by atoms with Gasteiger partial charge in [0.1, 0.15) is 11.6 Å². The summed E-state index contributed by atoms with van der Waals surface area (Å²) in [4.78, 5) is 4.62. The van der Waals surface area contributed by atoms with E-state index in [1.807, 2.05) is 30.3 Å². The molecule has 4 aromatic rings. The van der Waals surface area contributed by atoms with Crippen LogP contribution in [0.25, 0.3) is 16.9 Å². The zero-order chi connectivity index (χ0) is 19.7. The molecule has 0 unspecified atom stereocenters. The monoisotopic (exact) mass is 438 g/mol. The van der Waals surface area contributed by atoms with Crippen LogP contribution in [0.15, 0.2) is 71.3 Å². The predicted molar refractivity (Wildman–Crippen MR) is 114 cm³/mol. The fourth-order valence-corrected chi connectivity index (χ4v) is 3.65. The van der Waals surface area contributed by atoms with E-state index in [0.717, 1.165) is 10.3 Å². The number of anilines is 1. The summed E-state index contributed by atoms with van der Waals surface area (Å²) in [5, 5.41) is 8.03. The van der Waals surface area contributed by atoms with Crippen LogP contribution in [0.3, 0.4) is 0 Å². The van der Waals surface area contributed by atoms with E-state index in [0.29, 0.717) is 22.8 Å². The van der Waals surface area contributed by atoms with Crippen LogP contribution in [0.2, 0.25) is 0 Å². The number of nitrogens with zero attached hydrogens (tertiary/aromatic N) is 3. The fourth-order valence-electron chi connectivity index (χ4n) is 3.30. The zero-order valence-corrected chi connectivity index (χ0v) is 17.2. The van der Waals surface area contributed by atoms with E-state index < -0.39 is 0 Å². The van der Waals surface area contributed by atoms with Crippen molar-refractivity contribution in [2.75, 3.05) is 5.32 Å². The van der Waals surface area contributed by atoms with Crippen molar-refractivity contribution >= 4 is 27.4 Å². The lowest BCUT2D eigenvalue weighted by Gasteiger charge is -2.24. The Bertz CT molecular complexity index is 1110. The minimum absolute atomic E-state index is 0.0724. The molecule has 1 N–H and O–H groups in total. The van der Waals surface area contributed by atoms with Gasteiger partial charge in [-0.3, -0.25) is 0 Å². The van der Waals surface area contributed by atoms with Crippen molar-refractivity contribution in [3.05, 3.63) is 82.7 Å². The lowest BCUT2D eigenvalue weighted by atomic mass is 9.96. The Kier molecular flexibility index (Phi) is 5.13. The number of benzene rings is 2. The highest BCUT2D eigenvalue weighted by molar-refractivity contribution is 9.10. The number of halogens is 2. The van der Waals surface area contributed by atoms with Crippen molar-refractivity contribution < 1.29 is 4.39 Å². The maximum absolute atomic E-state index is 14.4. The number of fused-ring (bicyclic) bond motifs is 1. The smallest absolute Gasteiger partial charge is 0.172 e. The van der Waals surface area contributed by atoms with Gasteiger partial charge in [-0.05, 0) is 39.5 Å². The topological polar surface area (TPSA) is 42.2 Å². The summed E-state index contributed by atoms with van der Waals surface area (Å²) in [6.07, 6.45) is 1.70. The standard InChI is InChI=1S/C22H20BrFN4/c1-14(2)21(15-8-4-3-5-9-15)27-20-12-19(16-10-6-7-11-18(16)24)26-22-17(23)13-25-28(20)22/h3-14,21,27H,1-2H3/t21-/m1/s1. The van der Waals surface area contributed by atoms with Crippen LogP contribution in [0.1, 0.15) is 25.5 Å². The molecule has 1 atom stereocenters. The van der Waals surface area contributed by atoms with Gasteiger partial charge < -0.3 is 5.32 Å². The highest BCUT2D eigenvalue weighted by Crippen LogP contribution is 2.31. The molecule has 0 aliphatic heterocycles. The van der Waals surface area contributed by atoms with Gasteiger partial charge in [-0.15, -0.1) is 0 Å². The number of hydrogen-bond donors (Lipinski definition) is 1. The summed E-state index contributed by atoms with van der Waals surface area (Å²) >= 11 is 3.50. The van der Waals surface area contributed by atoms with Crippen LogP contribution >= 0.6 is 15.9 Å². The second kappa shape index (κ2) is 7.72. The maximum Gasteiger partial charge on any atom is 0.172 e. The van der Waals surface area contributed by atoms with Crippen LogP contribution < -0.4 is 5.32 Å². The summed E-state index contributed by atoms with van der Waals surface area (Å²) in [5.41, 5.74) is 2.84. The van der Waals surface area contributed by atoms with Crippen LogP contribution in [-0.4, -0.2) is 14.6 Å². The quantitative estimate of drug-likeness (QED) is 0.408. The average Bonchev–Trinajstić information content (AvgIpc) is 3.08. The molecular weight excluding hydrogens is 419 g/mol. The van der Waals surface area contributed by atoms with Crippen LogP contribution in [0, 0.1) is 11.7 Å². The summed E-state index contributed by atoms with van der Waals surface area (Å²) in [6, 6.07) is 18.9. The molecule has 0 radical (unpaired) electrons. The van der Waals surface area contributed by atoms with Crippen molar-refractivity contribution in [3.8, 4) is 11.3 Å². The van der Waals surface area contributed by atoms with Gasteiger partial charge in [0.2, 0.25) is 0 Å². The van der Waals surface area contributed by atoms with Crippen molar-refractivity contribution in [3.63, 3.8) is 0 Å². The Labute approximate surface area is 171 Å². The molecule has 0 aliphatic rings. The van der Waals surface area contributed by atoms with Gasteiger partial charge >= 0.3 is 0 Å². The molecule has 2 aromatic carbocycles. The van der Waals surface area contributed by atoms with Crippen molar-refractivity contribution in [1.82, 2.24) is 14.6 Å². The van der Waals surface area contributed by atoms with Crippen molar-refractivity contribution in [1.29, 1.82) is 0 Å². The Morgan fingerprint density at radius 2 is 1.75 bits per heavy atom. The SMILES string of the molecule is CC(C)[C@@H](Nc1cc(-c2ccccc2F)nc2c(Br)cnn12)c1ccccc1. The summed E-state index contributed by atoms with van der Waals surface area (Å²) in [6.45, 7) is 4.33. The molecule has 0 saturated carbocycles. The molecule has 4 rings (SSSR count). The lowest BCUT2D eigenvalue weighted by molar-refractivity contribution is 0.543. The van der Waals surface area contributed by atoms with Gasteiger partial charge in [-0.1, -0.05) is 56.3 Å². The van der Waals surface area contributed by atoms with Crippen molar-refractivity contribution in [2.24, 2.45) is 5.92 Å². The van der Waals surface area contributed by atoms with E-state index in [-0.39, 0.29) is 11.9 Å². The number of nitrogens with one attached hydrogen (secondary N) is 1. The summed E-state index contributed by atoms with van der Waals surface area (Å²) in [7, 11) is 0. The molecule has 2 heterocycles. The summed E-state index contributed by atoms with van der Waals surface area (Å²) < 4.78 is 16.9. The van der Waals surface area contributed by atoms with Gasteiger partial charge in [0, 0.05) is 11.6 Å². The molecule has 6 heteroatoms. The van der Waals surface area contributed by atoms with E-state index in [4.69, 9.17) is 0 Å². The highest BCUT2D eigenvalue weighted by atomic mass is 79.9. The molecule has 142 valence electrons. The molecule has 4 nitrogen and oxygen atoms in total. The Morgan fingerprint density at radius 1 is 1.04 bits per heavy atom. The van der Waals surface area contributed by atoms with Gasteiger partial charge in [0.15, 0.2) is 5.65 Å². The van der Waals surface area contributed by atoms with Crippen LogP contribution in [0.5, 0.6) is 0 Å².